The predicted molar refractivity (Wildman–Crippen MR) is 63.7 cm³/mol. The van der Waals surface area contributed by atoms with E-state index in [0.29, 0.717) is 0 Å². The van der Waals surface area contributed by atoms with E-state index in [0.717, 1.165) is 12.3 Å². The zero-order valence-electron chi connectivity index (χ0n) is 9.06. The van der Waals surface area contributed by atoms with Gasteiger partial charge in [0.2, 0.25) is 0 Å². The van der Waals surface area contributed by atoms with Gasteiger partial charge in [0.25, 0.3) is 0 Å². The number of imidazole rings is 1. The van der Waals surface area contributed by atoms with Gasteiger partial charge in [-0.05, 0) is 36.0 Å². The van der Waals surface area contributed by atoms with Crippen LogP contribution in [0.15, 0.2) is 35.6 Å². The zero-order chi connectivity index (χ0) is 11.0. The molecule has 1 aliphatic heterocycles. The fraction of sp³-hybridized carbons (Fsp3) is 0.250. The van der Waals surface area contributed by atoms with Gasteiger partial charge in [0, 0.05) is 11.3 Å². The molecule has 0 unspecified atom stereocenters. The topological polar surface area (TPSA) is 28.9 Å². The van der Waals surface area contributed by atoms with Gasteiger partial charge < -0.3 is 4.74 Å². The summed E-state index contributed by atoms with van der Waals surface area (Å²) in [6, 6.07) is 8.12. The number of H-pyrrole nitrogens is 1. The summed E-state index contributed by atoms with van der Waals surface area (Å²) in [5, 5.41) is 1.26. The van der Waals surface area contributed by atoms with Gasteiger partial charge in [-0.1, -0.05) is 0 Å². The molecule has 4 heteroatoms. The van der Waals surface area contributed by atoms with Crippen LogP contribution in [0.2, 0.25) is 0 Å². The standard InChI is InChI=1S/C12H12N2OS/c1-15-10-4-2-9(3-5-10)11-8-14-6-7-16-12(14)13-11/h2-5,8H,6-7H2,1H3/p+1. The minimum absolute atomic E-state index is 0.893. The lowest BCUT2D eigenvalue weighted by Gasteiger charge is -1.99. The number of ether oxygens (including phenoxy) is 1. The number of aromatic nitrogens is 2. The van der Waals surface area contributed by atoms with Gasteiger partial charge in [-0.3, -0.25) is 0 Å². The molecule has 3 rings (SSSR count). The molecule has 0 atom stereocenters. The molecule has 16 heavy (non-hydrogen) atoms. The second-order valence-electron chi connectivity index (χ2n) is 3.74. The number of nitrogens with zero attached hydrogens (tertiary/aromatic N) is 1. The molecule has 82 valence electrons. The van der Waals surface area contributed by atoms with Crippen molar-refractivity contribution < 1.29 is 9.30 Å². The lowest BCUT2D eigenvalue weighted by atomic mass is 10.2. The predicted octanol–water partition coefficient (Wildman–Crippen LogP) is 2.08. The van der Waals surface area contributed by atoms with E-state index in [2.05, 4.69) is 27.9 Å². The first-order valence-corrected chi connectivity index (χ1v) is 6.25. The lowest BCUT2D eigenvalue weighted by Crippen LogP contribution is -2.29. The Bertz CT molecular complexity index is 483. The summed E-state index contributed by atoms with van der Waals surface area (Å²) < 4.78 is 7.41. The number of rotatable bonds is 2. The molecule has 0 saturated heterocycles. The van der Waals surface area contributed by atoms with Crippen molar-refractivity contribution in [2.75, 3.05) is 12.9 Å². The van der Waals surface area contributed by atoms with Crippen LogP contribution in [0.4, 0.5) is 0 Å². The largest absolute Gasteiger partial charge is 0.497 e. The summed E-state index contributed by atoms with van der Waals surface area (Å²) in [5.74, 6) is 2.07. The monoisotopic (exact) mass is 233 g/mol. The summed E-state index contributed by atoms with van der Waals surface area (Å²) in [4.78, 5) is 3.43. The Morgan fingerprint density at radius 3 is 2.81 bits per heavy atom. The fourth-order valence-corrected chi connectivity index (χ4v) is 2.85. The molecule has 1 aromatic carbocycles. The number of hydrogen-bond donors (Lipinski definition) is 1. The molecule has 0 aliphatic carbocycles. The maximum Gasteiger partial charge on any atom is 0.316 e. The number of thioether (sulfide) groups is 1. The van der Waals surface area contributed by atoms with E-state index in [1.54, 1.807) is 7.11 Å². The van der Waals surface area contributed by atoms with Crippen molar-refractivity contribution in [2.45, 2.75) is 11.7 Å². The van der Waals surface area contributed by atoms with Crippen LogP contribution in [0.3, 0.4) is 0 Å². The lowest BCUT2D eigenvalue weighted by molar-refractivity contribution is -0.722. The third kappa shape index (κ3) is 1.59. The Morgan fingerprint density at radius 1 is 1.31 bits per heavy atom. The second kappa shape index (κ2) is 3.87. The smallest absolute Gasteiger partial charge is 0.316 e. The van der Waals surface area contributed by atoms with E-state index in [1.165, 1.54) is 22.2 Å². The van der Waals surface area contributed by atoms with Gasteiger partial charge in [-0.25, -0.2) is 9.55 Å². The minimum Gasteiger partial charge on any atom is -0.497 e. The molecule has 0 amide bonds. The molecule has 2 heterocycles. The van der Waals surface area contributed by atoms with Crippen molar-refractivity contribution in [3.8, 4) is 17.0 Å². The van der Waals surface area contributed by atoms with E-state index < -0.39 is 0 Å². The highest BCUT2D eigenvalue weighted by Crippen LogP contribution is 2.24. The van der Waals surface area contributed by atoms with Crippen LogP contribution in [0.1, 0.15) is 0 Å². The first kappa shape index (κ1) is 9.78. The van der Waals surface area contributed by atoms with Crippen molar-refractivity contribution in [3.63, 3.8) is 0 Å². The Morgan fingerprint density at radius 2 is 2.12 bits per heavy atom. The van der Waals surface area contributed by atoms with Crippen LogP contribution < -0.4 is 9.30 Å². The number of methoxy groups -OCH3 is 1. The number of aromatic amines is 1. The Labute approximate surface area is 98.5 Å². The van der Waals surface area contributed by atoms with Crippen LogP contribution in [-0.2, 0) is 6.54 Å². The van der Waals surface area contributed by atoms with Gasteiger partial charge in [0.05, 0.1) is 7.11 Å². The summed E-state index contributed by atoms with van der Waals surface area (Å²) >= 11 is 1.87. The Balaban J connectivity index is 1.95. The maximum atomic E-state index is 5.15. The molecule has 0 fully saturated rings. The van der Waals surface area contributed by atoms with E-state index in [4.69, 9.17) is 4.74 Å². The van der Waals surface area contributed by atoms with Crippen LogP contribution >= 0.6 is 11.8 Å². The SMILES string of the molecule is COc1ccc(-c2c[n+]3c([nH]2)SCC3)cc1. The first-order chi connectivity index (χ1) is 7.86. The van der Waals surface area contributed by atoms with Crippen molar-refractivity contribution >= 4 is 11.8 Å². The molecular formula is C12H13N2OS+. The van der Waals surface area contributed by atoms with E-state index >= 15 is 0 Å². The normalized spacial score (nSPS) is 13.8. The van der Waals surface area contributed by atoms with Crippen LogP contribution in [-0.4, -0.2) is 17.8 Å². The highest BCUT2D eigenvalue weighted by atomic mass is 32.2. The third-order valence-electron chi connectivity index (χ3n) is 2.76. The number of aryl methyl sites for hydroxylation is 1. The molecule has 0 saturated carbocycles. The minimum atomic E-state index is 0.893. The van der Waals surface area contributed by atoms with E-state index in [-0.39, 0.29) is 0 Å². The van der Waals surface area contributed by atoms with Gasteiger partial charge in [0.1, 0.15) is 18.5 Å². The average Bonchev–Trinajstić information content (AvgIpc) is 2.89. The molecule has 0 spiro atoms. The van der Waals surface area contributed by atoms with Gasteiger partial charge in [-0.15, -0.1) is 0 Å². The number of benzene rings is 1. The molecular weight excluding hydrogens is 220 g/mol. The van der Waals surface area contributed by atoms with Crippen molar-refractivity contribution in [3.05, 3.63) is 30.5 Å². The molecule has 1 aliphatic rings. The quantitative estimate of drug-likeness (QED) is 0.805. The van der Waals surface area contributed by atoms with Crippen molar-refractivity contribution in [1.82, 2.24) is 4.98 Å². The van der Waals surface area contributed by atoms with Crippen LogP contribution in [0.5, 0.6) is 5.75 Å². The van der Waals surface area contributed by atoms with Gasteiger partial charge >= 0.3 is 5.16 Å². The average molecular weight is 233 g/mol. The zero-order valence-corrected chi connectivity index (χ0v) is 9.88. The van der Waals surface area contributed by atoms with Gasteiger partial charge in [-0.2, -0.15) is 0 Å². The van der Waals surface area contributed by atoms with E-state index in [1.807, 2.05) is 23.9 Å². The molecule has 0 radical (unpaired) electrons. The Kier molecular flexibility index (Phi) is 2.36. The summed E-state index contributed by atoms with van der Waals surface area (Å²) in [7, 11) is 1.69. The maximum absolute atomic E-state index is 5.15. The summed E-state index contributed by atoms with van der Waals surface area (Å²) in [6.45, 7) is 1.10. The number of hydrogen-bond acceptors (Lipinski definition) is 2. The number of nitrogens with one attached hydrogen (secondary N) is 1. The molecule has 3 nitrogen and oxygen atoms in total. The number of fused-ring (bicyclic) bond motifs is 1. The van der Waals surface area contributed by atoms with Crippen molar-refractivity contribution in [2.24, 2.45) is 0 Å². The second-order valence-corrected chi connectivity index (χ2v) is 4.83. The summed E-state index contributed by atoms with van der Waals surface area (Å²) in [6.07, 6.45) is 2.18. The fourth-order valence-electron chi connectivity index (χ4n) is 1.88. The summed E-state index contributed by atoms with van der Waals surface area (Å²) in [5.41, 5.74) is 2.37. The molecule has 2 aromatic rings. The molecule has 1 aromatic heterocycles. The highest BCUT2D eigenvalue weighted by Gasteiger charge is 2.22. The molecule has 0 bridgehead atoms. The van der Waals surface area contributed by atoms with Crippen LogP contribution in [0, 0.1) is 0 Å². The first-order valence-electron chi connectivity index (χ1n) is 5.26. The van der Waals surface area contributed by atoms with Crippen molar-refractivity contribution in [1.29, 1.82) is 0 Å². The highest BCUT2D eigenvalue weighted by molar-refractivity contribution is 7.99. The third-order valence-corrected chi connectivity index (χ3v) is 3.76. The molecule has 1 N–H and O–H groups in total. The van der Waals surface area contributed by atoms with E-state index in [9.17, 15) is 0 Å². The Hall–Kier alpha value is -1.42. The van der Waals surface area contributed by atoms with Gasteiger partial charge in [0.15, 0.2) is 5.69 Å². The van der Waals surface area contributed by atoms with Crippen LogP contribution in [0.25, 0.3) is 11.3 Å².